The average Bonchev–Trinajstić information content (AvgIpc) is 2.07. The van der Waals surface area contributed by atoms with E-state index in [0.717, 1.165) is 24.8 Å². The fourth-order valence-corrected chi connectivity index (χ4v) is 3.04. The van der Waals surface area contributed by atoms with Crippen LogP contribution >= 0.6 is 11.8 Å². The molecule has 16 heavy (non-hydrogen) atoms. The monoisotopic (exact) mass is 244 g/mol. The zero-order valence-corrected chi connectivity index (χ0v) is 11.6. The van der Waals surface area contributed by atoms with Gasteiger partial charge in [-0.25, -0.2) is 0 Å². The van der Waals surface area contributed by atoms with Gasteiger partial charge in [-0.05, 0) is 52.5 Å². The van der Waals surface area contributed by atoms with E-state index >= 15 is 0 Å². The van der Waals surface area contributed by atoms with Crippen LogP contribution in [0.25, 0.3) is 0 Å². The predicted octanol–water partition coefficient (Wildman–Crippen LogP) is 1.58. The number of nitrogens with zero attached hydrogens (tertiary/aromatic N) is 1. The molecule has 0 aromatic heterocycles. The molecule has 94 valence electrons. The molecule has 1 N–H and O–H groups in total. The van der Waals surface area contributed by atoms with Gasteiger partial charge in [0, 0.05) is 12.1 Å². The van der Waals surface area contributed by atoms with Crippen LogP contribution in [0.5, 0.6) is 0 Å². The summed E-state index contributed by atoms with van der Waals surface area (Å²) < 4.78 is 0. The van der Waals surface area contributed by atoms with Crippen molar-refractivity contribution in [2.75, 3.05) is 24.6 Å². The molecule has 0 radical (unpaired) electrons. The molecule has 1 heterocycles. The maximum absolute atomic E-state index is 12.0. The Morgan fingerprint density at radius 2 is 1.88 bits per heavy atom. The van der Waals surface area contributed by atoms with E-state index in [2.05, 4.69) is 33.0 Å². The fraction of sp³-hybridized carbons (Fsp3) is 0.917. The number of hydrogen-bond acceptors (Lipinski definition) is 3. The molecular formula is C12H24N2OS. The Kier molecular flexibility index (Phi) is 5.62. The molecule has 1 saturated heterocycles. The number of hydrogen-bond donors (Lipinski definition) is 1. The largest absolute Gasteiger partial charge is 0.337 e. The van der Waals surface area contributed by atoms with Gasteiger partial charge in [-0.2, -0.15) is 11.8 Å². The summed E-state index contributed by atoms with van der Waals surface area (Å²) in [7, 11) is 0. The Hall–Kier alpha value is -0.220. The van der Waals surface area contributed by atoms with Crippen molar-refractivity contribution in [3.05, 3.63) is 0 Å². The van der Waals surface area contributed by atoms with E-state index in [0.29, 0.717) is 17.8 Å². The van der Waals surface area contributed by atoms with Gasteiger partial charge in [0.1, 0.15) is 0 Å². The molecule has 4 heteroatoms. The minimum atomic E-state index is 0.280. The van der Waals surface area contributed by atoms with Crippen LogP contribution in [0.2, 0.25) is 0 Å². The van der Waals surface area contributed by atoms with Gasteiger partial charge in [0.05, 0.1) is 5.75 Å². The molecule has 0 atom stereocenters. The second kappa shape index (κ2) is 6.50. The zero-order chi connectivity index (χ0) is 12.1. The molecule has 1 aliphatic rings. The lowest BCUT2D eigenvalue weighted by atomic mass is 10.1. The number of rotatable bonds is 6. The first kappa shape index (κ1) is 13.8. The fourth-order valence-electron chi connectivity index (χ4n) is 2.03. The molecule has 0 aliphatic carbocycles. The highest BCUT2D eigenvalue weighted by Crippen LogP contribution is 2.14. The van der Waals surface area contributed by atoms with Gasteiger partial charge in [-0.1, -0.05) is 0 Å². The van der Waals surface area contributed by atoms with E-state index in [1.54, 1.807) is 11.8 Å². The Bertz CT molecular complexity index is 219. The van der Waals surface area contributed by atoms with Crippen LogP contribution in [-0.4, -0.2) is 47.5 Å². The predicted molar refractivity (Wildman–Crippen MR) is 70.8 cm³/mol. The quantitative estimate of drug-likeness (QED) is 0.770. The van der Waals surface area contributed by atoms with Crippen molar-refractivity contribution in [1.82, 2.24) is 10.2 Å². The van der Waals surface area contributed by atoms with Crippen LogP contribution in [0, 0.1) is 5.92 Å². The van der Waals surface area contributed by atoms with Crippen LogP contribution in [0.4, 0.5) is 0 Å². The molecule has 1 fully saturated rings. The number of carbonyl (C=O) groups is 1. The summed E-state index contributed by atoms with van der Waals surface area (Å²) in [6.07, 6.45) is 0. The summed E-state index contributed by atoms with van der Waals surface area (Å²) in [4.78, 5) is 14.0. The first-order valence-electron chi connectivity index (χ1n) is 6.12. The van der Waals surface area contributed by atoms with Crippen molar-refractivity contribution in [2.24, 2.45) is 5.92 Å². The van der Waals surface area contributed by atoms with Gasteiger partial charge in [0.15, 0.2) is 0 Å². The van der Waals surface area contributed by atoms with Crippen molar-refractivity contribution in [3.8, 4) is 0 Å². The molecule has 3 nitrogen and oxygen atoms in total. The normalized spacial score (nSPS) is 16.6. The van der Waals surface area contributed by atoms with Gasteiger partial charge in [0.2, 0.25) is 5.91 Å². The van der Waals surface area contributed by atoms with Gasteiger partial charge >= 0.3 is 0 Å². The Labute approximate surface area is 103 Å². The molecule has 0 bridgehead atoms. The zero-order valence-electron chi connectivity index (χ0n) is 10.8. The van der Waals surface area contributed by atoms with E-state index in [1.807, 2.05) is 4.90 Å². The van der Waals surface area contributed by atoms with E-state index in [4.69, 9.17) is 0 Å². The third kappa shape index (κ3) is 3.98. The van der Waals surface area contributed by atoms with Crippen molar-refractivity contribution in [2.45, 2.75) is 39.8 Å². The maximum atomic E-state index is 12.0. The molecule has 1 amide bonds. The lowest BCUT2D eigenvalue weighted by Crippen LogP contribution is -2.44. The molecule has 0 aromatic rings. The summed E-state index contributed by atoms with van der Waals surface area (Å²) in [5, 5.41) is 3.25. The van der Waals surface area contributed by atoms with Gasteiger partial charge in [-0.15, -0.1) is 0 Å². The smallest absolute Gasteiger partial charge is 0.233 e. The van der Waals surface area contributed by atoms with Crippen molar-refractivity contribution >= 4 is 17.7 Å². The minimum Gasteiger partial charge on any atom is -0.337 e. The number of thioether (sulfide) groups is 1. The van der Waals surface area contributed by atoms with E-state index < -0.39 is 0 Å². The highest BCUT2D eigenvalue weighted by molar-refractivity contribution is 7.99. The summed E-state index contributed by atoms with van der Waals surface area (Å²) in [5.41, 5.74) is 0. The molecule has 1 aliphatic heterocycles. The molecular weight excluding hydrogens is 220 g/mol. The van der Waals surface area contributed by atoms with E-state index in [-0.39, 0.29) is 5.91 Å². The minimum absolute atomic E-state index is 0.280. The van der Waals surface area contributed by atoms with Crippen molar-refractivity contribution < 1.29 is 4.79 Å². The number of carbonyl (C=O) groups excluding carboxylic acids is 1. The first-order valence-corrected chi connectivity index (χ1v) is 7.27. The average molecular weight is 244 g/mol. The number of amides is 1. The highest BCUT2D eigenvalue weighted by atomic mass is 32.2. The topological polar surface area (TPSA) is 32.3 Å². The van der Waals surface area contributed by atoms with Gasteiger partial charge in [0.25, 0.3) is 0 Å². The number of nitrogens with one attached hydrogen (secondary N) is 1. The summed E-state index contributed by atoms with van der Waals surface area (Å²) in [6.45, 7) is 10.6. The van der Waals surface area contributed by atoms with Gasteiger partial charge < -0.3 is 10.2 Å². The second-order valence-corrected chi connectivity index (χ2v) is 6.06. The molecule has 0 unspecified atom stereocenters. The lowest BCUT2D eigenvalue weighted by Gasteiger charge is -2.31. The Morgan fingerprint density at radius 3 is 2.25 bits per heavy atom. The third-order valence-electron chi connectivity index (χ3n) is 2.85. The van der Waals surface area contributed by atoms with Crippen LogP contribution in [-0.2, 0) is 4.79 Å². The van der Waals surface area contributed by atoms with Crippen LogP contribution in [0.15, 0.2) is 0 Å². The third-order valence-corrected chi connectivity index (χ3v) is 4.00. The molecule has 1 rings (SSSR count). The van der Waals surface area contributed by atoms with Crippen LogP contribution < -0.4 is 5.32 Å². The van der Waals surface area contributed by atoms with Crippen molar-refractivity contribution in [1.29, 1.82) is 0 Å². The first-order chi connectivity index (χ1) is 7.52. The highest BCUT2D eigenvalue weighted by Gasteiger charge is 2.21. The van der Waals surface area contributed by atoms with Crippen LogP contribution in [0.1, 0.15) is 27.7 Å². The second-order valence-electron chi connectivity index (χ2n) is 5.03. The molecule has 0 aromatic carbocycles. The van der Waals surface area contributed by atoms with E-state index in [9.17, 15) is 4.79 Å². The summed E-state index contributed by atoms with van der Waals surface area (Å²) >= 11 is 1.78. The lowest BCUT2D eigenvalue weighted by molar-refractivity contribution is -0.131. The maximum Gasteiger partial charge on any atom is 0.233 e. The standard InChI is InChI=1S/C12H24N2OS/c1-9(2)14(10(3)4)12(15)8-16-7-11-5-13-6-11/h9-11,13H,5-8H2,1-4H3. The Morgan fingerprint density at radius 1 is 1.31 bits per heavy atom. The summed E-state index contributed by atoms with van der Waals surface area (Å²) in [5.74, 6) is 2.81. The van der Waals surface area contributed by atoms with Gasteiger partial charge in [-0.3, -0.25) is 4.79 Å². The van der Waals surface area contributed by atoms with Crippen molar-refractivity contribution in [3.63, 3.8) is 0 Å². The molecule has 0 saturated carbocycles. The van der Waals surface area contributed by atoms with E-state index in [1.165, 1.54) is 0 Å². The summed E-state index contributed by atoms with van der Waals surface area (Å²) in [6, 6.07) is 0.608. The van der Waals surface area contributed by atoms with Crippen LogP contribution in [0.3, 0.4) is 0 Å². The molecule has 0 spiro atoms. The SMILES string of the molecule is CC(C)N(C(=O)CSCC1CNC1)C(C)C. The Balaban J connectivity index is 2.25.